The third kappa shape index (κ3) is 2.42. The number of fused-ring (bicyclic) bond motifs is 1. The number of ether oxygens (including phenoxy) is 1. The molecule has 3 heteroatoms. The first-order valence-corrected chi connectivity index (χ1v) is 7.46. The van der Waals surface area contributed by atoms with E-state index in [0.29, 0.717) is 17.4 Å². The van der Waals surface area contributed by atoms with E-state index in [9.17, 15) is 9.90 Å². The Bertz CT molecular complexity index is 333. The molecule has 3 aliphatic rings. The highest BCUT2D eigenvalue weighted by Gasteiger charge is 2.51. The van der Waals surface area contributed by atoms with Crippen LogP contribution >= 0.6 is 0 Å². The number of epoxide rings is 1. The van der Waals surface area contributed by atoms with E-state index in [4.69, 9.17) is 4.74 Å². The van der Waals surface area contributed by atoms with Crippen LogP contribution in [0.15, 0.2) is 0 Å². The van der Waals surface area contributed by atoms with E-state index in [1.165, 1.54) is 32.1 Å². The Labute approximate surface area is 109 Å². The van der Waals surface area contributed by atoms with Gasteiger partial charge in [0.15, 0.2) is 0 Å². The highest BCUT2D eigenvalue weighted by molar-refractivity contribution is 5.70. The van der Waals surface area contributed by atoms with Gasteiger partial charge in [-0.3, -0.25) is 4.79 Å². The average molecular weight is 252 g/mol. The van der Waals surface area contributed by atoms with Gasteiger partial charge in [-0.2, -0.15) is 0 Å². The van der Waals surface area contributed by atoms with Crippen LogP contribution in [-0.2, 0) is 9.53 Å². The minimum atomic E-state index is -0.603. The van der Waals surface area contributed by atoms with E-state index in [-0.39, 0.29) is 12.0 Å². The molecule has 2 saturated carbocycles. The predicted octanol–water partition coefficient (Wildman–Crippen LogP) is 3.23. The van der Waals surface area contributed by atoms with Crippen LogP contribution in [0.25, 0.3) is 0 Å². The van der Waals surface area contributed by atoms with Crippen LogP contribution in [0, 0.1) is 17.3 Å². The lowest BCUT2D eigenvalue weighted by molar-refractivity contribution is -0.145. The molecule has 3 fully saturated rings. The van der Waals surface area contributed by atoms with Crippen LogP contribution < -0.4 is 0 Å². The third-order valence-electron chi connectivity index (χ3n) is 5.41. The summed E-state index contributed by atoms with van der Waals surface area (Å²) in [6.07, 6.45) is 10.0. The maximum atomic E-state index is 11.4. The van der Waals surface area contributed by atoms with Crippen LogP contribution in [0.4, 0.5) is 0 Å². The second-order valence-corrected chi connectivity index (χ2v) is 6.96. The van der Waals surface area contributed by atoms with Crippen LogP contribution in [0.2, 0.25) is 0 Å². The number of hydrogen-bond acceptors (Lipinski definition) is 2. The summed E-state index contributed by atoms with van der Waals surface area (Å²) in [6, 6.07) is 0. The highest BCUT2D eigenvalue weighted by atomic mass is 16.6. The van der Waals surface area contributed by atoms with E-state index in [1.54, 1.807) is 0 Å². The molecule has 0 aromatic carbocycles. The molecule has 0 amide bonds. The van der Waals surface area contributed by atoms with Crippen molar-refractivity contribution < 1.29 is 14.6 Å². The predicted molar refractivity (Wildman–Crippen MR) is 68.3 cm³/mol. The molecule has 102 valence electrons. The van der Waals surface area contributed by atoms with E-state index >= 15 is 0 Å². The standard InChI is InChI=1S/C15H24O3/c1-15(5-3-2-4-6-15)9-10-7-12-13(18-12)8-11(10)14(16)17/h10-13H,2-9H2,1H3,(H,16,17). The topological polar surface area (TPSA) is 49.8 Å². The molecule has 1 aliphatic heterocycles. The molecule has 1 N–H and O–H groups in total. The van der Waals surface area contributed by atoms with Gasteiger partial charge in [0.25, 0.3) is 0 Å². The van der Waals surface area contributed by atoms with E-state index in [0.717, 1.165) is 19.3 Å². The lowest BCUT2D eigenvalue weighted by Gasteiger charge is -2.39. The lowest BCUT2D eigenvalue weighted by Crippen LogP contribution is -2.35. The molecule has 0 radical (unpaired) electrons. The normalized spacial score (nSPS) is 42.1. The summed E-state index contributed by atoms with van der Waals surface area (Å²) < 4.78 is 5.55. The highest BCUT2D eigenvalue weighted by Crippen LogP contribution is 2.49. The van der Waals surface area contributed by atoms with Crippen molar-refractivity contribution in [2.45, 2.75) is 70.5 Å². The molecule has 3 nitrogen and oxygen atoms in total. The van der Waals surface area contributed by atoms with Crippen molar-refractivity contribution in [2.24, 2.45) is 17.3 Å². The van der Waals surface area contributed by atoms with Gasteiger partial charge in [0.1, 0.15) is 0 Å². The van der Waals surface area contributed by atoms with Crippen LogP contribution in [0.1, 0.15) is 58.3 Å². The number of carboxylic acids is 1. The summed E-state index contributed by atoms with van der Waals surface area (Å²) in [5.74, 6) is -0.421. The van der Waals surface area contributed by atoms with Crippen molar-refractivity contribution in [3.05, 3.63) is 0 Å². The molecule has 1 heterocycles. The lowest BCUT2D eigenvalue weighted by atomic mass is 9.65. The number of rotatable bonds is 3. The van der Waals surface area contributed by atoms with Gasteiger partial charge in [-0.1, -0.05) is 26.2 Å². The third-order valence-corrected chi connectivity index (χ3v) is 5.41. The summed E-state index contributed by atoms with van der Waals surface area (Å²) in [4.78, 5) is 11.4. The first-order chi connectivity index (χ1) is 8.57. The smallest absolute Gasteiger partial charge is 0.306 e. The summed E-state index contributed by atoms with van der Waals surface area (Å²) in [7, 11) is 0. The zero-order valence-electron chi connectivity index (χ0n) is 11.2. The van der Waals surface area contributed by atoms with Crippen LogP contribution in [-0.4, -0.2) is 23.3 Å². The second-order valence-electron chi connectivity index (χ2n) is 6.96. The van der Waals surface area contributed by atoms with E-state index in [1.807, 2.05) is 0 Å². The molecule has 1 saturated heterocycles. The van der Waals surface area contributed by atoms with Crippen molar-refractivity contribution in [1.29, 1.82) is 0 Å². The largest absolute Gasteiger partial charge is 0.481 e. The van der Waals surface area contributed by atoms with Crippen molar-refractivity contribution in [1.82, 2.24) is 0 Å². The first-order valence-electron chi connectivity index (χ1n) is 7.46. The zero-order valence-corrected chi connectivity index (χ0v) is 11.2. The maximum Gasteiger partial charge on any atom is 0.306 e. The molecule has 18 heavy (non-hydrogen) atoms. The Kier molecular flexibility index (Phi) is 3.13. The van der Waals surface area contributed by atoms with Gasteiger partial charge in [-0.25, -0.2) is 0 Å². The summed E-state index contributed by atoms with van der Waals surface area (Å²) in [5, 5.41) is 9.40. The van der Waals surface area contributed by atoms with Crippen molar-refractivity contribution >= 4 is 5.97 Å². The molecule has 4 unspecified atom stereocenters. The summed E-state index contributed by atoms with van der Waals surface area (Å²) in [5.41, 5.74) is 0.387. The maximum absolute atomic E-state index is 11.4. The minimum Gasteiger partial charge on any atom is -0.481 e. The van der Waals surface area contributed by atoms with Gasteiger partial charge in [0.2, 0.25) is 0 Å². The summed E-state index contributed by atoms with van der Waals surface area (Å²) in [6.45, 7) is 2.37. The second kappa shape index (κ2) is 4.52. The van der Waals surface area contributed by atoms with Crippen LogP contribution in [0.5, 0.6) is 0 Å². The van der Waals surface area contributed by atoms with Gasteiger partial charge in [-0.05, 0) is 43.4 Å². The Morgan fingerprint density at radius 1 is 1.22 bits per heavy atom. The van der Waals surface area contributed by atoms with Gasteiger partial charge in [0, 0.05) is 0 Å². The monoisotopic (exact) mass is 252 g/mol. The Balaban J connectivity index is 1.67. The number of carboxylic acid groups (broad SMARTS) is 1. The van der Waals surface area contributed by atoms with Crippen molar-refractivity contribution in [3.63, 3.8) is 0 Å². The molecular formula is C15H24O3. The molecule has 0 spiro atoms. The molecule has 0 aromatic heterocycles. The number of carbonyl (C=O) groups is 1. The number of aliphatic carboxylic acids is 1. The molecular weight excluding hydrogens is 228 g/mol. The minimum absolute atomic E-state index is 0.160. The molecule has 0 aromatic rings. The molecule has 2 aliphatic carbocycles. The molecule has 0 bridgehead atoms. The van der Waals surface area contributed by atoms with Gasteiger partial charge in [-0.15, -0.1) is 0 Å². The van der Waals surface area contributed by atoms with E-state index < -0.39 is 5.97 Å². The van der Waals surface area contributed by atoms with Gasteiger partial charge >= 0.3 is 5.97 Å². The fourth-order valence-electron chi connectivity index (χ4n) is 4.27. The Hall–Kier alpha value is -0.570. The average Bonchev–Trinajstić information content (AvgIpc) is 3.06. The fourth-order valence-corrected chi connectivity index (χ4v) is 4.27. The first kappa shape index (κ1) is 12.5. The Morgan fingerprint density at radius 2 is 1.89 bits per heavy atom. The quantitative estimate of drug-likeness (QED) is 0.784. The SMILES string of the molecule is CC1(CC2CC3OC3CC2C(=O)O)CCCCC1. The number of hydrogen-bond donors (Lipinski definition) is 1. The van der Waals surface area contributed by atoms with Gasteiger partial charge < -0.3 is 9.84 Å². The van der Waals surface area contributed by atoms with Crippen molar-refractivity contribution in [3.8, 4) is 0 Å². The molecule has 3 rings (SSSR count). The zero-order chi connectivity index (χ0) is 12.8. The summed E-state index contributed by atoms with van der Waals surface area (Å²) >= 11 is 0. The van der Waals surface area contributed by atoms with Crippen molar-refractivity contribution in [2.75, 3.05) is 0 Å². The Morgan fingerprint density at radius 3 is 2.56 bits per heavy atom. The fraction of sp³-hybridized carbons (Fsp3) is 0.933. The molecule has 4 atom stereocenters. The van der Waals surface area contributed by atoms with Gasteiger partial charge in [0.05, 0.1) is 18.1 Å². The van der Waals surface area contributed by atoms with Crippen LogP contribution in [0.3, 0.4) is 0 Å². The van der Waals surface area contributed by atoms with E-state index in [2.05, 4.69) is 6.92 Å².